The monoisotopic (exact) mass is 507 g/mol. The second kappa shape index (κ2) is 8.69. The summed E-state index contributed by atoms with van der Waals surface area (Å²) in [4.78, 5) is 42.0. The highest BCUT2D eigenvalue weighted by Crippen LogP contribution is 2.65. The Morgan fingerprint density at radius 3 is 1.89 bits per heavy atom. The summed E-state index contributed by atoms with van der Waals surface area (Å²) in [5.41, 5.74) is 1.74. The smallest absolute Gasteiger partial charge is 0.323 e. The molecular formula is C32H29NO5. The molecule has 2 aliphatic rings. The maximum absolute atomic E-state index is 14.6. The Morgan fingerprint density at radius 1 is 0.816 bits per heavy atom. The molecule has 1 aromatic heterocycles. The third kappa shape index (κ3) is 2.91. The number of esters is 2. The van der Waals surface area contributed by atoms with Gasteiger partial charge in [-0.05, 0) is 22.8 Å². The van der Waals surface area contributed by atoms with Gasteiger partial charge in [0.1, 0.15) is 5.78 Å². The molecular weight excluding hydrogens is 478 g/mol. The van der Waals surface area contributed by atoms with Crippen LogP contribution in [-0.4, -0.2) is 36.5 Å². The number of hydrogen-bond donors (Lipinski definition) is 0. The molecule has 0 N–H and O–H groups in total. The van der Waals surface area contributed by atoms with Gasteiger partial charge in [-0.15, -0.1) is 0 Å². The number of nitrogens with zero attached hydrogens (tertiary/aromatic N) is 1. The third-order valence-electron chi connectivity index (χ3n) is 8.93. The zero-order chi connectivity index (χ0) is 26.7. The van der Waals surface area contributed by atoms with Gasteiger partial charge in [-0.25, -0.2) is 0 Å². The van der Waals surface area contributed by atoms with Crippen LogP contribution in [0.2, 0.25) is 0 Å². The largest absolute Gasteiger partial charge is 0.468 e. The van der Waals surface area contributed by atoms with Crippen molar-refractivity contribution in [1.82, 2.24) is 4.57 Å². The minimum atomic E-state index is -1.66. The number of aryl methyl sites for hydroxylation is 1. The van der Waals surface area contributed by atoms with E-state index in [1.807, 2.05) is 90.5 Å². The predicted octanol–water partition coefficient (Wildman–Crippen LogP) is 4.73. The second-order valence-electron chi connectivity index (χ2n) is 10.3. The van der Waals surface area contributed by atoms with Crippen LogP contribution in [-0.2, 0) is 42.7 Å². The Balaban J connectivity index is 1.80. The third-order valence-corrected chi connectivity index (χ3v) is 8.93. The molecule has 6 heteroatoms. The van der Waals surface area contributed by atoms with Gasteiger partial charge in [0.2, 0.25) is 0 Å². The van der Waals surface area contributed by atoms with Crippen LogP contribution in [0.5, 0.6) is 0 Å². The van der Waals surface area contributed by atoms with Crippen molar-refractivity contribution in [3.63, 3.8) is 0 Å². The molecule has 0 aliphatic heterocycles. The molecule has 0 radical (unpaired) electrons. The molecule has 0 bridgehead atoms. The number of hydrogen-bond acceptors (Lipinski definition) is 5. The Bertz CT molecular complexity index is 1510. The normalized spacial score (nSPS) is 21.0. The number of ether oxygens (including phenoxy) is 2. The zero-order valence-corrected chi connectivity index (χ0v) is 21.6. The number of ketones is 1. The number of fused-ring (bicyclic) bond motifs is 5. The molecule has 38 heavy (non-hydrogen) atoms. The molecule has 0 saturated heterocycles. The number of rotatable bonds is 4. The molecule has 1 unspecified atom stereocenters. The quantitative estimate of drug-likeness (QED) is 0.295. The van der Waals surface area contributed by atoms with E-state index in [4.69, 9.17) is 9.47 Å². The molecule has 4 aromatic rings. The van der Waals surface area contributed by atoms with Gasteiger partial charge in [-0.3, -0.25) is 14.4 Å². The van der Waals surface area contributed by atoms with E-state index in [2.05, 4.69) is 6.07 Å². The highest BCUT2D eigenvalue weighted by Gasteiger charge is 2.70. The topological polar surface area (TPSA) is 74.6 Å². The van der Waals surface area contributed by atoms with Crippen molar-refractivity contribution in [3.8, 4) is 0 Å². The molecule has 1 fully saturated rings. The second-order valence-corrected chi connectivity index (χ2v) is 10.3. The summed E-state index contributed by atoms with van der Waals surface area (Å²) < 4.78 is 12.7. The standard InChI is InChI=1S/C32H29NO5/c1-33-24-17-11-10-16-22(24)27-25(33)19-31(29(35)37-2,30(36)38-3)23-18-26(34)32(28(23)27,20-12-6-4-7-13-20)21-14-8-5-9-15-21/h4-17,23,28H,18-19H2,1-3H3/t23-,28?/m0/s1. The Labute approximate surface area is 221 Å². The predicted molar refractivity (Wildman–Crippen MR) is 143 cm³/mol. The lowest BCUT2D eigenvalue weighted by atomic mass is 9.55. The Kier molecular flexibility index (Phi) is 5.53. The molecule has 0 amide bonds. The summed E-state index contributed by atoms with van der Waals surface area (Å²) in [6, 6.07) is 27.6. The summed E-state index contributed by atoms with van der Waals surface area (Å²) in [5, 5.41) is 1.02. The van der Waals surface area contributed by atoms with Gasteiger partial charge in [0.15, 0.2) is 5.41 Å². The number of aromatic nitrogens is 1. The fraction of sp³-hybridized carbons (Fsp3) is 0.281. The zero-order valence-electron chi connectivity index (χ0n) is 21.6. The van der Waals surface area contributed by atoms with Crippen molar-refractivity contribution in [2.24, 2.45) is 18.4 Å². The van der Waals surface area contributed by atoms with E-state index < -0.39 is 34.6 Å². The maximum Gasteiger partial charge on any atom is 0.323 e. The maximum atomic E-state index is 14.6. The number of benzene rings is 3. The molecule has 1 heterocycles. The molecule has 6 nitrogen and oxygen atoms in total. The van der Waals surface area contributed by atoms with Gasteiger partial charge in [-0.1, -0.05) is 78.9 Å². The first-order chi connectivity index (χ1) is 18.4. The van der Waals surface area contributed by atoms with Crippen molar-refractivity contribution < 1.29 is 23.9 Å². The van der Waals surface area contributed by atoms with E-state index in [1.165, 1.54) is 14.2 Å². The summed E-state index contributed by atoms with van der Waals surface area (Å²) in [5.74, 6) is -2.52. The number of Topliss-reactive ketones (excluding diaryl/α,β-unsaturated/α-hetero) is 1. The Hall–Kier alpha value is -4.19. The number of carbonyl (C=O) groups excluding carboxylic acids is 3. The van der Waals surface area contributed by atoms with E-state index in [0.29, 0.717) is 0 Å². The lowest BCUT2D eigenvalue weighted by Crippen LogP contribution is -2.54. The average molecular weight is 508 g/mol. The van der Waals surface area contributed by atoms with Crippen molar-refractivity contribution in [2.75, 3.05) is 14.2 Å². The molecule has 6 rings (SSSR count). The van der Waals surface area contributed by atoms with Crippen molar-refractivity contribution in [2.45, 2.75) is 24.2 Å². The molecule has 2 atom stereocenters. The number of methoxy groups -OCH3 is 2. The summed E-state index contributed by atoms with van der Waals surface area (Å²) in [6.45, 7) is 0. The van der Waals surface area contributed by atoms with Gasteiger partial charge in [0.05, 0.1) is 19.6 Å². The lowest BCUT2D eigenvalue weighted by molar-refractivity contribution is -0.175. The van der Waals surface area contributed by atoms with Gasteiger partial charge in [0, 0.05) is 48.3 Å². The molecule has 192 valence electrons. The molecule has 0 spiro atoms. The summed E-state index contributed by atoms with van der Waals surface area (Å²) in [7, 11) is 4.53. The van der Waals surface area contributed by atoms with Crippen LogP contribution < -0.4 is 0 Å². The van der Waals surface area contributed by atoms with E-state index in [0.717, 1.165) is 33.3 Å². The molecule has 2 aliphatic carbocycles. The number of para-hydroxylation sites is 1. The van der Waals surface area contributed by atoms with Crippen LogP contribution >= 0.6 is 0 Å². The van der Waals surface area contributed by atoms with Gasteiger partial charge in [-0.2, -0.15) is 0 Å². The van der Waals surface area contributed by atoms with Crippen LogP contribution in [0.15, 0.2) is 84.9 Å². The van der Waals surface area contributed by atoms with E-state index in [-0.39, 0.29) is 18.6 Å². The van der Waals surface area contributed by atoms with Gasteiger partial charge >= 0.3 is 11.9 Å². The van der Waals surface area contributed by atoms with Gasteiger partial charge < -0.3 is 14.0 Å². The minimum absolute atomic E-state index is 0.0251. The first kappa shape index (κ1) is 24.2. The molecule has 3 aromatic carbocycles. The Morgan fingerprint density at radius 2 is 1.34 bits per heavy atom. The first-order valence-electron chi connectivity index (χ1n) is 12.8. The van der Waals surface area contributed by atoms with Crippen molar-refractivity contribution in [1.29, 1.82) is 0 Å². The number of carbonyl (C=O) groups is 3. The fourth-order valence-corrected chi connectivity index (χ4v) is 7.41. The van der Waals surface area contributed by atoms with Crippen LogP contribution in [0.25, 0.3) is 10.9 Å². The van der Waals surface area contributed by atoms with Crippen LogP contribution in [0.4, 0.5) is 0 Å². The van der Waals surface area contributed by atoms with Crippen molar-refractivity contribution >= 4 is 28.6 Å². The van der Waals surface area contributed by atoms with E-state index in [1.54, 1.807) is 0 Å². The highest BCUT2D eigenvalue weighted by atomic mass is 16.5. The van der Waals surface area contributed by atoms with Crippen LogP contribution in [0.1, 0.15) is 34.7 Å². The van der Waals surface area contributed by atoms with Gasteiger partial charge in [0.25, 0.3) is 0 Å². The summed E-state index contributed by atoms with van der Waals surface area (Å²) >= 11 is 0. The highest BCUT2D eigenvalue weighted by molar-refractivity contribution is 6.07. The average Bonchev–Trinajstić information content (AvgIpc) is 3.43. The first-order valence-corrected chi connectivity index (χ1v) is 12.8. The summed E-state index contributed by atoms with van der Waals surface area (Å²) in [6.07, 6.45) is 0.141. The van der Waals surface area contributed by atoms with Crippen LogP contribution in [0.3, 0.4) is 0 Å². The molecule has 1 saturated carbocycles. The fourth-order valence-electron chi connectivity index (χ4n) is 7.41. The SMILES string of the molecule is COC(=O)C1(C(=O)OC)Cc2c(c3ccccc3n2C)C2[C@@H]1CC(=O)C2(c1ccccc1)c1ccccc1. The van der Waals surface area contributed by atoms with Crippen molar-refractivity contribution in [3.05, 3.63) is 107 Å². The van der Waals surface area contributed by atoms with Crippen LogP contribution in [0, 0.1) is 11.3 Å². The van der Waals surface area contributed by atoms with E-state index in [9.17, 15) is 14.4 Å². The minimum Gasteiger partial charge on any atom is -0.468 e. The lowest BCUT2D eigenvalue weighted by Gasteiger charge is -2.46. The van der Waals surface area contributed by atoms with E-state index >= 15 is 0 Å².